The number of benzene rings is 1. The first kappa shape index (κ1) is 18.9. The van der Waals surface area contributed by atoms with E-state index in [2.05, 4.69) is 10.00 Å². The van der Waals surface area contributed by atoms with Gasteiger partial charge in [-0.2, -0.15) is 5.10 Å². The highest BCUT2D eigenvalue weighted by atomic mass is 35.5. The van der Waals surface area contributed by atoms with Gasteiger partial charge in [0.1, 0.15) is 5.82 Å². The lowest BCUT2D eigenvalue weighted by atomic mass is 9.99. The molecule has 0 radical (unpaired) electrons. The van der Waals surface area contributed by atoms with Gasteiger partial charge in [0.2, 0.25) is 0 Å². The summed E-state index contributed by atoms with van der Waals surface area (Å²) in [4.78, 5) is 15.2. The van der Waals surface area contributed by atoms with Crippen molar-refractivity contribution in [1.82, 2.24) is 19.2 Å². The van der Waals surface area contributed by atoms with Crippen molar-refractivity contribution in [2.24, 2.45) is 14.1 Å². The van der Waals surface area contributed by atoms with Crippen molar-refractivity contribution < 1.29 is 4.39 Å². The molecule has 7 heteroatoms. The van der Waals surface area contributed by atoms with Crippen LogP contribution in [0.3, 0.4) is 0 Å². The van der Waals surface area contributed by atoms with Crippen LogP contribution in [0.4, 0.5) is 4.39 Å². The normalized spacial score (nSPS) is 14.3. The Kier molecular flexibility index (Phi) is 5.08. The van der Waals surface area contributed by atoms with Gasteiger partial charge in [-0.1, -0.05) is 17.7 Å². The zero-order valence-corrected chi connectivity index (χ0v) is 16.7. The van der Waals surface area contributed by atoms with Crippen LogP contribution in [0.25, 0.3) is 0 Å². The lowest BCUT2D eigenvalue weighted by Gasteiger charge is -2.30. The van der Waals surface area contributed by atoms with Gasteiger partial charge >= 0.3 is 0 Å². The molecule has 0 fully saturated rings. The molecule has 0 saturated carbocycles. The summed E-state index contributed by atoms with van der Waals surface area (Å²) in [5.41, 5.74) is 4.17. The van der Waals surface area contributed by atoms with Gasteiger partial charge in [0.15, 0.2) is 0 Å². The van der Waals surface area contributed by atoms with Crippen molar-refractivity contribution in [3.8, 4) is 0 Å². The van der Waals surface area contributed by atoms with E-state index < -0.39 is 0 Å². The van der Waals surface area contributed by atoms with Crippen molar-refractivity contribution in [1.29, 1.82) is 0 Å². The van der Waals surface area contributed by atoms with Crippen molar-refractivity contribution >= 4 is 11.6 Å². The molecule has 0 amide bonds. The second-order valence-corrected chi connectivity index (χ2v) is 7.77. The average molecular weight is 401 g/mol. The Morgan fingerprint density at radius 1 is 1.29 bits per heavy atom. The molecule has 3 heterocycles. The molecule has 0 bridgehead atoms. The molecular weight excluding hydrogens is 379 g/mol. The van der Waals surface area contributed by atoms with Gasteiger partial charge in [-0.15, -0.1) is 0 Å². The van der Waals surface area contributed by atoms with Crippen LogP contribution in [0.5, 0.6) is 0 Å². The van der Waals surface area contributed by atoms with Gasteiger partial charge in [0.25, 0.3) is 5.56 Å². The number of aryl methyl sites for hydroxylation is 1. The molecular formula is C21H22ClFN4O. The summed E-state index contributed by atoms with van der Waals surface area (Å²) in [6, 6.07) is 6.52. The van der Waals surface area contributed by atoms with E-state index in [1.165, 1.54) is 6.07 Å². The number of nitrogens with zero attached hydrogens (tertiary/aromatic N) is 4. The molecule has 1 aromatic carbocycles. The Morgan fingerprint density at radius 3 is 2.82 bits per heavy atom. The minimum absolute atomic E-state index is 0.0845. The minimum atomic E-state index is -0.384. The molecule has 4 rings (SSSR count). The Bertz CT molecular complexity index is 1070. The number of pyridine rings is 1. The third kappa shape index (κ3) is 3.62. The summed E-state index contributed by atoms with van der Waals surface area (Å²) in [6.07, 6.45) is 4.89. The second kappa shape index (κ2) is 7.53. The second-order valence-electron chi connectivity index (χ2n) is 7.37. The van der Waals surface area contributed by atoms with Crippen LogP contribution in [0.1, 0.15) is 27.9 Å². The van der Waals surface area contributed by atoms with Gasteiger partial charge in [0.05, 0.1) is 6.20 Å². The first-order chi connectivity index (χ1) is 13.4. The zero-order valence-electron chi connectivity index (χ0n) is 16.0. The molecule has 1 aliphatic heterocycles. The van der Waals surface area contributed by atoms with E-state index in [1.54, 1.807) is 28.4 Å². The maximum atomic E-state index is 14.2. The molecule has 0 atom stereocenters. The molecule has 0 saturated heterocycles. The predicted octanol–water partition coefficient (Wildman–Crippen LogP) is 3.06. The highest BCUT2D eigenvalue weighted by molar-refractivity contribution is 6.31. The van der Waals surface area contributed by atoms with E-state index in [4.69, 9.17) is 11.6 Å². The van der Waals surface area contributed by atoms with Gasteiger partial charge in [-0.05, 0) is 23.8 Å². The van der Waals surface area contributed by atoms with Gasteiger partial charge < -0.3 is 4.57 Å². The number of hydrogen-bond donors (Lipinski definition) is 0. The lowest BCUT2D eigenvalue weighted by molar-refractivity contribution is 0.240. The van der Waals surface area contributed by atoms with Crippen LogP contribution in [0.2, 0.25) is 5.02 Å². The molecule has 0 spiro atoms. The number of rotatable bonds is 4. The van der Waals surface area contributed by atoms with Gasteiger partial charge in [0, 0.05) is 80.2 Å². The maximum Gasteiger partial charge on any atom is 0.254 e. The first-order valence-corrected chi connectivity index (χ1v) is 9.63. The SMILES string of the molecule is Cn1cc(CN2CCc3c(cc(Cc4c(F)cccc4Cl)c(=O)n3C)C2)cn1. The van der Waals surface area contributed by atoms with E-state index in [9.17, 15) is 9.18 Å². The molecule has 5 nitrogen and oxygen atoms in total. The quantitative estimate of drug-likeness (QED) is 0.676. The monoisotopic (exact) mass is 400 g/mol. The van der Waals surface area contributed by atoms with Crippen LogP contribution in [0.15, 0.2) is 41.5 Å². The zero-order chi connectivity index (χ0) is 19.8. The van der Waals surface area contributed by atoms with E-state index in [0.29, 0.717) is 16.1 Å². The van der Waals surface area contributed by atoms with Crippen molar-refractivity contribution in [2.45, 2.75) is 25.9 Å². The summed E-state index contributed by atoms with van der Waals surface area (Å²) >= 11 is 6.17. The fraction of sp³-hybridized carbons (Fsp3) is 0.333. The third-order valence-corrected chi connectivity index (χ3v) is 5.71. The van der Waals surface area contributed by atoms with E-state index in [0.717, 1.165) is 42.9 Å². The number of halogens is 2. The summed E-state index contributed by atoms with van der Waals surface area (Å²) in [5, 5.41) is 4.57. The Morgan fingerprint density at radius 2 is 2.11 bits per heavy atom. The Labute approximate surface area is 168 Å². The topological polar surface area (TPSA) is 43.1 Å². The van der Waals surface area contributed by atoms with E-state index >= 15 is 0 Å². The molecule has 1 aliphatic rings. The first-order valence-electron chi connectivity index (χ1n) is 9.26. The van der Waals surface area contributed by atoms with Crippen LogP contribution < -0.4 is 5.56 Å². The van der Waals surface area contributed by atoms with Crippen molar-refractivity contribution in [3.05, 3.63) is 85.8 Å². The van der Waals surface area contributed by atoms with Crippen LogP contribution in [0, 0.1) is 5.82 Å². The summed E-state index contributed by atoms with van der Waals surface area (Å²) in [5.74, 6) is -0.384. The molecule has 146 valence electrons. The van der Waals surface area contributed by atoms with Crippen LogP contribution in [-0.4, -0.2) is 25.8 Å². The fourth-order valence-electron chi connectivity index (χ4n) is 3.92. The largest absolute Gasteiger partial charge is 0.315 e. The number of aromatic nitrogens is 3. The smallest absolute Gasteiger partial charge is 0.254 e. The van der Waals surface area contributed by atoms with Crippen molar-refractivity contribution in [2.75, 3.05) is 6.54 Å². The summed E-state index contributed by atoms with van der Waals surface area (Å²) < 4.78 is 17.7. The highest BCUT2D eigenvalue weighted by Gasteiger charge is 2.22. The average Bonchev–Trinajstić information content (AvgIpc) is 3.07. The van der Waals surface area contributed by atoms with Crippen LogP contribution in [-0.2, 0) is 40.0 Å². The van der Waals surface area contributed by atoms with Gasteiger partial charge in [-0.3, -0.25) is 14.4 Å². The highest BCUT2D eigenvalue weighted by Crippen LogP contribution is 2.24. The minimum Gasteiger partial charge on any atom is -0.315 e. The molecule has 3 aromatic rings. The summed E-state index contributed by atoms with van der Waals surface area (Å²) in [6.45, 7) is 2.44. The van der Waals surface area contributed by atoms with Gasteiger partial charge in [-0.25, -0.2) is 4.39 Å². The van der Waals surface area contributed by atoms with E-state index in [-0.39, 0.29) is 17.8 Å². The number of hydrogen-bond acceptors (Lipinski definition) is 3. The molecule has 2 aromatic heterocycles. The summed E-state index contributed by atoms with van der Waals surface area (Å²) in [7, 11) is 3.70. The molecule has 28 heavy (non-hydrogen) atoms. The molecule has 0 N–H and O–H groups in total. The Hall–Kier alpha value is -2.44. The van der Waals surface area contributed by atoms with Crippen molar-refractivity contribution in [3.63, 3.8) is 0 Å². The standard InChI is InChI=1S/C21H22ClFN4O/c1-25-11-14(10-24-25)12-27-7-6-20-16(13-27)8-15(21(28)26(20)2)9-17-18(22)4-3-5-19(17)23/h3-5,8,10-11H,6-7,9,12-13H2,1-2H3. The van der Waals surface area contributed by atoms with E-state index in [1.807, 2.05) is 25.5 Å². The maximum absolute atomic E-state index is 14.2. The van der Waals surface area contributed by atoms with Crippen LogP contribution >= 0.6 is 11.6 Å². The fourth-order valence-corrected chi connectivity index (χ4v) is 4.15. The third-order valence-electron chi connectivity index (χ3n) is 5.36. The Balaban J connectivity index is 1.63. The molecule has 0 unspecified atom stereocenters. The number of fused-ring (bicyclic) bond motifs is 1. The predicted molar refractivity (Wildman–Crippen MR) is 107 cm³/mol. The lowest BCUT2D eigenvalue weighted by Crippen LogP contribution is -2.35. The molecule has 0 aliphatic carbocycles.